The topological polar surface area (TPSA) is 119 Å². The second kappa shape index (κ2) is 14.9. The predicted octanol–water partition coefficient (Wildman–Crippen LogP) is 4.04. The molecule has 1 aromatic heterocycles. The Morgan fingerprint density at radius 1 is 1.02 bits per heavy atom. The Kier molecular flexibility index (Phi) is 11.6. The van der Waals surface area contributed by atoms with E-state index in [1.165, 1.54) is 0 Å². The summed E-state index contributed by atoms with van der Waals surface area (Å²) in [5.74, 6) is -4.04. The molecule has 40 heavy (non-hydrogen) atoms. The van der Waals surface area contributed by atoms with Crippen LogP contribution in [-0.2, 0) is 48.2 Å². The van der Waals surface area contributed by atoms with Gasteiger partial charge in [0.1, 0.15) is 6.61 Å². The van der Waals surface area contributed by atoms with Gasteiger partial charge in [0.2, 0.25) is 11.7 Å². The van der Waals surface area contributed by atoms with Gasteiger partial charge in [-0.15, -0.1) is 11.3 Å². The Morgan fingerprint density at radius 2 is 1.73 bits per heavy atom. The van der Waals surface area contributed by atoms with Gasteiger partial charge in [-0.3, -0.25) is 24.0 Å². The van der Waals surface area contributed by atoms with E-state index in [9.17, 15) is 24.0 Å². The molecule has 9 heteroatoms. The fourth-order valence-electron chi connectivity index (χ4n) is 4.75. The minimum absolute atomic E-state index is 0.0884. The number of carbonyl (C=O) groups excluding carboxylic acids is 5. The second-order valence-corrected chi connectivity index (χ2v) is 12.5. The third-order valence-corrected chi connectivity index (χ3v) is 8.21. The van der Waals surface area contributed by atoms with Crippen LogP contribution in [0.2, 0.25) is 0 Å². The lowest BCUT2D eigenvalue weighted by Crippen LogP contribution is -2.47. The van der Waals surface area contributed by atoms with E-state index in [4.69, 9.17) is 4.74 Å². The third kappa shape index (κ3) is 9.40. The van der Waals surface area contributed by atoms with Crippen molar-refractivity contribution in [3.63, 3.8) is 0 Å². The van der Waals surface area contributed by atoms with E-state index >= 15 is 0 Å². The summed E-state index contributed by atoms with van der Waals surface area (Å²) in [5, 5.41) is 5.53. The van der Waals surface area contributed by atoms with Crippen molar-refractivity contribution in [2.45, 2.75) is 72.4 Å². The summed E-state index contributed by atoms with van der Waals surface area (Å²) in [5.41, 5.74) is 0.853. The molecule has 1 aliphatic heterocycles. The molecule has 0 fully saturated rings. The van der Waals surface area contributed by atoms with Crippen LogP contribution >= 0.6 is 11.3 Å². The van der Waals surface area contributed by atoms with Crippen molar-refractivity contribution in [3.05, 3.63) is 57.8 Å². The number of fused-ring (bicyclic) bond motifs is 2. The molecule has 2 N–H and O–H groups in total. The number of carbonyl (C=O) groups is 5. The highest BCUT2D eigenvalue weighted by atomic mass is 32.1. The molecule has 0 saturated carbocycles. The van der Waals surface area contributed by atoms with Crippen LogP contribution in [0.15, 0.2) is 42.5 Å². The number of hydrogen-bond donors (Lipinski definition) is 2. The summed E-state index contributed by atoms with van der Waals surface area (Å²) in [6.45, 7) is 8.07. The first-order chi connectivity index (χ1) is 19.0. The minimum Gasteiger partial charge on any atom is -0.461 e. The van der Waals surface area contributed by atoms with Crippen molar-refractivity contribution < 1.29 is 28.7 Å². The van der Waals surface area contributed by atoms with Crippen LogP contribution in [-0.4, -0.2) is 41.9 Å². The number of ketones is 2. The molecule has 8 nitrogen and oxygen atoms in total. The van der Waals surface area contributed by atoms with Gasteiger partial charge in [0.15, 0.2) is 5.78 Å². The number of nitrogens with one attached hydrogen (secondary N) is 2. The van der Waals surface area contributed by atoms with Crippen LogP contribution in [0.25, 0.3) is 0 Å². The van der Waals surface area contributed by atoms with Crippen LogP contribution < -0.4 is 10.6 Å². The average molecular weight is 569 g/mol. The zero-order valence-corrected chi connectivity index (χ0v) is 24.6. The number of esters is 1. The molecule has 1 aliphatic rings. The molecule has 2 heterocycles. The molecule has 0 spiro atoms. The Balaban J connectivity index is 1.68. The molecule has 2 bridgehead atoms. The molecule has 0 radical (unpaired) electrons. The highest BCUT2D eigenvalue weighted by molar-refractivity contribution is 7.12. The highest BCUT2D eigenvalue weighted by Gasteiger charge is 2.34. The lowest BCUT2D eigenvalue weighted by molar-refractivity contribution is -0.149. The molecule has 2 aromatic rings. The van der Waals surface area contributed by atoms with E-state index < -0.39 is 41.4 Å². The maximum absolute atomic E-state index is 13.5. The van der Waals surface area contributed by atoms with Crippen molar-refractivity contribution >= 4 is 40.7 Å². The SMILES string of the molecule is CC(C)CC(NC(=O)C(CC(=O)OCc1ccccc1)C(C)C)C(=O)CC1Cc2ccc(s2)CCNC(=O)C1=O. The largest absolute Gasteiger partial charge is 0.461 e. The molecule has 3 rings (SSSR count). The van der Waals surface area contributed by atoms with Gasteiger partial charge in [-0.2, -0.15) is 0 Å². The summed E-state index contributed by atoms with van der Waals surface area (Å²) >= 11 is 1.58. The molecular formula is C31H40N2O6S. The van der Waals surface area contributed by atoms with Crippen LogP contribution in [0.4, 0.5) is 0 Å². The maximum atomic E-state index is 13.5. The summed E-state index contributed by atoms with van der Waals surface area (Å²) in [4.78, 5) is 67.0. The number of amides is 2. The zero-order valence-electron chi connectivity index (χ0n) is 23.7. The average Bonchev–Trinajstić information content (AvgIpc) is 3.35. The van der Waals surface area contributed by atoms with Crippen molar-refractivity contribution in [2.75, 3.05) is 6.54 Å². The van der Waals surface area contributed by atoms with Crippen LogP contribution in [0, 0.1) is 23.7 Å². The fraction of sp³-hybridized carbons (Fsp3) is 0.516. The van der Waals surface area contributed by atoms with E-state index in [0.717, 1.165) is 15.3 Å². The first kappa shape index (κ1) is 31.2. The van der Waals surface area contributed by atoms with Gasteiger partial charge < -0.3 is 15.4 Å². The molecule has 0 saturated heterocycles. The predicted molar refractivity (Wildman–Crippen MR) is 153 cm³/mol. The number of rotatable bonds is 12. The molecule has 3 atom stereocenters. The lowest BCUT2D eigenvalue weighted by Gasteiger charge is -2.26. The van der Waals surface area contributed by atoms with Crippen LogP contribution in [0.3, 0.4) is 0 Å². The van der Waals surface area contributed by atoms with Gasteiger partial charge >= 0.3 is 5.97 Å². The molecule has 0 aliphatic carbocycles. The molecule has 1 aromatic carbocycles. The maximum Gasteiger partial charge on any atom is 0.306 e. The number of benzene rings is 1. The van der Waals surface area contributed by atoms with Gasteiger partial charge in [-0.1, -0.05) is 58.0 Å². The fourth-order valence-corrected chi connectivity index (χ4v) is 5.85. The zero-order chi connectivity index (χ0) is 29.2. The van der Waals surface area contributed by atoms with E-state index in [1.807, 2.05) is 70.2 Å². The first-order valence-corrected chi connectivity index (χ1v) is 14.8. The monoisotopic (exact) mass is 568 g/mol. The Labute approximate surface area is 240 Å². The van der Waals surface area contributed by atoms with Gasteiger partial charge in [0, 0.05) is 28.6 Å². The third-order valence-electron chi connectivity index (χ3n) is 7.05. The van der Waals surface area contributed by atoms with E-state index in [-0.39, 0.29) is 37.1 Å². The molecule has 216 valence electrons. The number of hydrogen-bond acceptors (Lipinski definition) is 7. The van der Waals surface area contributed by atoms with Crippen LogP contribution in [0.5, 0.6) is 0 Å². The number of Topliss-reactive ketones (excluding diaryl/α,β-unsaturated/α-hetero) is 2. The Bertz CT molecular complexity index is 1190. The summed E-state index contributed by atoms with van der Waals surface area (Å²) in [6, 6.07) is 12.4. The Hall–Kier alpha value is -3.33. The summed E-state index contributed by atoms with van der Waals surface area (Å²) in [6.07, 6.45) is 1.08. The standard InChI is InChI=1S/C31H40N2O6S/c1-19(2)14-26(27(34)16-22-15-24-11-10-23(40-24)12-13-32-31(38)29(22)36)33-30(37)25(20(3)4)17-28(35)39-18-21-8-6-5-7-9-21/h5-11,19-20,22,25-26H,12-18H2,1-4H3,(H,32,38)(H,33,37). The lowest BCUT2D eigenvalue weighted by atomic mass is 9.87. The molecule has 2 amide bonds. The smallest absolute Gasteiger partial charge is 0.306 e. The highest BCUT2D eigenvalue weighted by Crippen LogP contribution is 2.25. The number of thiophene rings is 1. The molecular weight excluding hydrogens is 528 g/mol. The van der Waals surface area contributed by atoms with Gasteiger partial charge in [0.05, 0.1) is 18.4 Å². The normalized spacial score (nSPS) is 17.2. The van der Waals surface area contributed by atoms with Gasteiger partial charge in [-0.05, 0) is 48.8 Å². The van der Waals surface area contributed by atoms with Gasteiger partial charge in [0.25, 0.3) is 5.91 Å². The van der Waals surface area contributed by atoms with Crippen molar-refractivity contribution in [3.8, 4) is 0 Å². The van der Waals surface area contributed by atoms with E-state index in [0.29, 0.717) is 25.8 Å². The summed E-state index contributed by atoms with van der Waals surface area (Å²) < 4.78 is 5.39. The minimum atomic E-state index is -0.834. The van der Waals surface area contributed by atoms with E-state index in [1.54, 1.807) is 11.3 Å². The quantitative estimate of drug-likeness (QED) is 0.295. The van der Waals surface area contributed by atoms with Crippen molar-refractivity contribution in [2.24, 2.45) is 23.7 Å². The second-order valence-electron chi connectivity index (χ2n) is 11.2. The van der Waals surface area contributed by atoms with E-state index in [2.05, 4.69) is 10.6 Å². The summed E-state index contributed by atoms with van der Waals surface area (Å²) in [7, 11) is 0. The van der Waals surface area contributed by atoms with Crippen LogP contribution in [0.1, 0.15) is 62.3 Å². The van der Waals surface area contributed by atoms with Crippen molar-refractivity contribution in [1.82, 2.24) is 10.6 Å². The number of ether oxygens (including phenoxy) is 1. The Morgan fingerprint density at radius 3 is 2.40 bits per heavy atom. The van der Waals surface area contributed by atoms with Crippen molar-refractivity contribution in [1.29, 1.82) is 0 Å². The molecule has 3 unspecified atom stereocenters. The van der Waals surface area contributed by atoms with Gasteiger partial charge in [-0.25, -0.2) is 0 Å². The first-order valence-electron chi connectivity index (χ1n) is 14.0.